The second-order valence-corrected chi connectivity index (χ2v) is 6.07. The molecule has 0 radical (unpaired) electrons. The average molecular weight is 323 g/mol. The van der Waals surface area contributed by atoms with E-state index in [4.69, 9.17) is 4.74 Å². The van der Waals surface area contributed by atoms with Crippen molar-refractivity contribution >= 4 is 18.5 Å². The number of aromatic nitrogens is 1. The Balaban J connectivity index is 1.75. The number of amides is 1. The summed E-state index contributed by atoms with van der Waals surface area (Å²) in [6, 6.07) is 2.50. The van der Waals surface area contributed by atoms with Crippen molar-refractivity contribution in [1.29, 1.82) is 0 Å². The number of carbonyl (C=O) groups is 1. The fraction of sp³-hybridized carbons (Fsp3) is 0.625. The van der Waals surface area contributed by atoms with Crippen LogP contribution in [-0.4, -0.2) is 48.3 Å². The molecule has 1 saturated heterocycles. The second kappa shape index (κ2) is 9.00. The van der Waals surface area contributed by atoms with Crippen LogP contribution in [0, 0.1) is 0 Å². The highest BCUT2D eigenvalue weighted by atomic mass is 32.1. The monoisotopic (exact) mass is 323 g/mol. The molecule has 0 spiro atoms. The van der Waals surface area contributed by atoms with Gasteiger partial charge in [0.25, 0.3) is 0 Å². The molecular weight excluding hydrogens is 298 g/mol. The minimum absolute atomic E-state index is 0.0529. The van der Waals surface area contributed by atoms with Crippen molar-refractivity contribution in [2.75, 3.05) is 32.5 Å². The lowest BCUT2D eigenvalue weighted by atomic mass is 10.1. The Morgan fingerprint density at radius 3 is 3.14 bits per heavy atom. The van der Waals surface area contributed by atoms with Gasteiger partial charge < -0.3 is 10.1 Å². The second-order valence-electron chi connectivity index (χ2n) is 5.62. The Kier molecular flexibility index (Phi) is 6.99. The standard InChI is InChI=1S/C16H25N3O2S/c1-19-7-2-4-15(19)13-10-14(12-17-11-13)21-8-6-18-16(20)5-3-9-22/h10-12,15,22H,2-9H2,1H3,(H,18,20). The molecule has 5 nitrogen and oxygen atoms in total. The molecule has 0 aliphatic carbocycles. The van der Waals surface area contributed by atoms with Crippen LogP contribution in [0.25, 0.3) is 0 Å². The average Bonchev–Trinajstić information content (AvgIpc) is 2.96. The van der Waals surface area contributed by atoms with Crippen molar-refractivity contribution in [3.05, 3.63) is 24.0 Å². The van der Waals surface area contributed by atoms with Crippen LogP contribution in [0.4, 0.5) is 0 Å². The minimum atomic E-state index is 0.0529. The summed E-state index contributed by atoms with van der Waals surface area (Å²) in [5, 5.41) is 2.84. The molecule has 1 amide bonds. The molecule has 22 heavy (non-hydrogen) atoms. The molecule has 1 atom stereocenters. The van der Waals surface area contributed by atoms with Gasteiger partial charge in [-0.1, -0.05) is 0 Å². The normalized spacial score (nSPS) is 18.4. The van der Waals surface area contributed by atoms with E-state index in [2.05, 4.69) is 40.9 Å². The highest BCUT2D eigenvalue weighted by Crippen LogP contribution is 2.31. The summed E-state index contributed by atoms with van der Waals surface area (Å²) < 4.78 is 5.69. The third-order valence-electron chi connectivity index (χ3n) is 3.89. The van der Waals surface area contributed by atoms with E-state index in [1.807, 2.05) is 6.20 Å². The van der Waals surface area contributed by atoms with Crippen LogP contribution in [0.2, 0.25) is 0 Å². The van der Waals surface area contributed by atoms with Crippen molar-refractivity contribution in [3.8, 4) is 5.75 Å². The van der Waals surface area contributed by atoms with Crippen molar-refractivity contribution in [1.82, 2.24) is 15.2 Å². The highest BCUT2D eigenvalue weighted by Gasteiger charge is 2.22. The molecule has 2 heterocycles. The first kappa shape index (κ1) is 17.1. The van der Waals surface area contributed by atoms with Crippen LogP contribution in [0.3, 0.4) is 0 Å². The maximum atomic E-state index is 11.5. The van der Waals surface area contributed by atoms with Crippen molar-refractivity contribution in [2.45, 2.75) is 31.7 Å². The molecular formula is C16H25N3O2S. The number of hydrogen-bond acceptors (Lipinski definition) is 5. The lowest BCUT2D eigenvalue weighted by Gasteiger charge is -2.19. The van der Waals surface area contributed by atoms with Gasteiger partial charge in [-0.05, 0) is 50.2 Å². The number of nitrogens with one attached hydrogen (secondary N) is 1. The molecule has 122 valence electrons. The summed E-state index contributed by atoms with van der Waals surface area (Å²) in [6.07, 6.45) is 7.36. The van der Waals surface area contributed by atoms with Gasteiger partial charge in [0.15, 0.2) is 0 Å². The van der Waals surface area contributed by atoms with Crippen LogP contribution >= 0.6 is 12.6 Å². The Morgan fingerprint density at radius 2 is 2.41 bits per heavy atom. The molecule has 6 heteroatoms. The van der Waals surface area contributed by atoms with Crippen LogP contribution in [0.1, 0.15) is 37.3 Å². The summed E-state index contributed by atoms with van der Waals surface area (Å²) >= 11 is 4.09. The van der Waals surface area contributed by atoms with E-state index in [1.54, 1.807) is 6.20 Å². The maximum absolute atomic E-state index is 11.5. The molecule has 0 aromatic carbocycles. The molecule has 1 N–H and O–H groups in total. The van der Waals surface area contributed by atoms with E-state index < -0.39 is 0 Å². The maximum Gasteiger partial charge on any atom is 0.220 e. The van der Waals surface area contributed by atoms with Crippen LogP contribution in [0.15, 0.2) is 18.5 Å². The third-order valence-corrected chi connectivity index (χ3v) is 4.21. The van der Waals surface area contributed by atoms with Gasteiger partial charge in [-0.3, -0.25) is 14.7 Å². The van der Waals surface area contributed by atoms with Gasteiger partial charge in [0.1, 0.15) is 12.4 Å². The molecule has 1 unspecified atom stereocenters. The van der Waals surface area contributed by atoms with Crippen molar-refractivity contribution in [2.24, 2.45) is 0 Å². The Labute approximate surface area is 137 Å². The molecule has 1 aromatic rings. The molecule has 1 aliphatic rings. The van der Waals surface area contributed by atoms with Gasteiger partial charge in [0.2, 0.25) is 5.91 Å². The van der Waals surface area contributed by atoms with Crippen molar-refractivity contribution in [3.63, 3.8) is 0 Å². The zero-order valence-corrected chi connectivity index (χ0v) is 14.0. The summed E-state index contributed by atoms with van der Waals surface area (Å²) in [6.45, 7) is 2.10. The first-order valence-electron chi connectivity index (χ1n) is 7.86. The quantitative estimate of drug-likeness (QED) is 0.568. The number of thiol groups is 1. The third kappa shape index (κ3) is 5.18. The predicted octanol–water partition coefficient (Wildman–Crippen LogP) is 2.05. The van der Waals surface area contributed by atoms with Gasteiger partial charge in [0, 0.05) is 18.7 Å². The molecule has 2 rings (SSSR count). The van der Waals surface area contributed by atoms with Gasteiger partial charge in [-0.2, -0.15) is 12.6 Å². The topological polar surface area (TPSA) is 54.5 Å². The van der Waals surface area contributed by atoms with Crippen LogP contribution < -0.4 is 10.1 Å². The Morgan fingerprint density at radius 1 is 1.55 bits per heavy atom. The number of carbonyl (C=O) groups excluding carboxylic acids is 1. The lowest BCUT2D eigenvalue weighted by Crippen LogP contribution is -2.27. The SMILES string of the molecule is CN1CCCC1c1cncc(OCCNC(=O)CCCS)c1. The fourth-order valence-corrected chi connectivity index (χ4v) is 2.87. The molecule has 1 aliphatic heterocycles. The van der Waals surface area contributed by atoms with E-state index in [1.165, 1.54) is 18.4 Å². The molecule has 0 bridgehead atoms. The number of ether oxygens (including phenoxy) is 1. The zero-order valence-electron chi connectivity index (χ0n) is 13.1. The number of nitrogens with zero attached hydrogens (tertiary/aromatic N) is 2. The first-order chi connectivity index (χ1) is 10.7. The smallest absolute Gasteiger partial charge is 0.220 e. The first-order valence-corrected chi connectivity index (χ1v) is 8.49. The van der Waals surface area contributed by atoms with Crippen molar-refractivity contribution < 1.29 is 9.53 Å². The van der Waals surface area contributed by atoms with E-state index in [0.717, 1.165) is 24.5 Å². The van der Waals surface area contributed by atoms with E-state index in [0.29, 0.717) is 25.6 Å². The number of likely N-dealkylation sites (tertiary alicyclic amines) is 1. The highest BCUT2D eigenvalue weighted by molar-refractivity contribution is 7.80. The van der Waals surface area contributed by atoms with Crippen LogP contribution in [-0.2, 0) is 4.79 Å². The zero-order chi connectivity index (χ0) is 15.8. The summed E-state index contributed by atoms with van der Waals surface area (Å²) in [7, 11) is 2.14. The van der Waals surface area contributed by atoms with Gasteiger partial charge in [-0.25, -0.2) is 0 Å². The predicted molar refractivity (Wildman–Crippen MR) is 90.4 cm³/mol. The lowest BCUT2D eigenvalue weighted by molar-refractivity contribution is -0.121. The van der Waals surface area contributed by atoms with E-state index in [-0.39, 0.29) is 5.91 Å². The molecule has 0 saturated carbocycles. The van der Waals surface area contributed by atoms with Crippen LogP contribution in [0.5, 0.6) is 5.75 Å². The van der Waals surface area contributed by atoms with Gasteiger partial charge >= 0.3 is 0 Å². The Hall–Kier alpha value is -1.27. The number of rotatable bonds is 8. The largest absolute Gasteiger partial charge is 0.490 e. The summed E-state index contributed by atoms with van der Waals surface area (Å²) in [5.41, 5.74) is 1.20. The fourth-order valence-electron chi connectivity index (χ4n) is 2.72. The van der Waals surface area contributed by atoms with E-state index in [9.17, 15) is 4.79 Å². The van der Waals surface area contributed by atoms with Gasteiger partial charge in [-0.15, -0.1) is 0 Å². The van der Waals surface area contributed by atoms with Gasteiger partial charge in [0.05, 0.1) is 12.7 Å². The minimum Gasteiger partial charge on any atom is -0.490 e. The number of hydrogen-bond donors (Lipinski definition) is 2. The summed E-state index contributed by atoms with van der Waals surface area (Å²) in [5.74, 6) is 1.55. The summed E-state index contributed by atoms with van der Waals surface area (Å²) in [4.78, 5) is 18.1. The molecule has 1 fully saturated rings. The number of pyridine rings is 1. The Bertz CT molecular complexity index is 484. The molecule has 1 aromatic heterocycles. The van der Waals surface area contributed by atoms with E-state index >= 15 is 0 Å².